The van der Waals surface area contributed by atoms with E-state index in [4.69, 9.17) is 28.4 Å². The average molecular weight is 1740 g/mol. The lowest BCUT2D eigenvalue weighted by molar-refractivity contribution is 0.0478. The Kier molecular flexibility index (Phi) is 40.4. The Hall–Kier alpha value is -9.06. The third-order valence-corrected chi connectivity index (χ3v) is 23.5. The van der Waals surface area contributed by atoms with Crippen molar-refractivity contribution in [3.8, 4) is 0 Å². The quantitative estimate of drug-likeness (QED) is 0.0629. The molecule has 12 rings (SSSR count). The second-order valence-electron chi connectivity index (χ2n) is 42.7. The van der Waals surface area contributed by atoms with E-state index in [1.807, 2.05) is 131 Å². The fourth-order valence-corrected chi connectivity index (χ4v) is 18.0. The van der Waals surface area contributed by atoms with Gasteiger partial charge in [0.15, 0.2) is 0 Å². The van der Waals surface area contributed by atoms with Gasteiger partial charge in [0, 0.05) is 36.3 Å². The lowest BCUT2D eigenvalue weighted by atomic mass is 9.80. The van der Waals surface area contributed by atoms with E-state index in [-0.39, 0.29) is 72.8 Å². The van der Waals surface area contributed by atoms with Gasteiger partial charge in [0.25, 0.3) is 0 Å². The van der Waals surface area contributed by atoms with Gasteiger partial charge < -0.3 is 60.3 Å². The zero-order valence-corrected chi connectivity index (χ0v) is 81.7. The number of nitrogens with one attached hydrogen (secondary N) is 6. The van der Waals surface area contributed by atoms with Crippen molar-refractivity contribution in [3.05, 3.63) is 212 Å². The summed E-state index contributed by atoms with van der Waals surface area (Å²) in [5.74, 6) is 3.24. The maximum Gasteiger partial charge on any atom is 0.407 e. The topological polar surface area (TPSA) is 230 Å². The number of hydrogen-bond acceptors (Lipinski definition) is 12. The van der Waals surface area contributed by atoms with Crippen LogP contribution >= 0.6 is 0 Å². The van der Waals surface area contributed by atoms with Crippen LogP contribution in [0.15, 0.2) is 146 Å². The normalized spacial score (nSPS) is 22.7. The highest BCUT2D eigenvalue weighted by molar-refractivity contribution is 5.70. The van der Waals surface area contributed by atoms with Crippen molar-refractivity contribution in [2.75, 3.05) is 0 Å². The highest BCUT2D eigenvalue weighted by atomic mass is 16.6. The third kappa shape index (κ3) is 41.8. The number of alkyl carbamates (subject to hydrolysis) is 6. The van der Waals surface area contributed by atoms with Gasteiger partial charge in [-0.3, -0.25) is 0 Å². The van der Waals surface area contributed by atoms with Crippen molar-refractivity contribution in [1.82, 2.24) is 31.9 Å². The molecule has 0 radical (unpaired) electrons. The molecular formula is C108H162N6O12. The minimum atomic E-state index is -0.439. The summed E-state index contributed by atoms with van der Waals surface area (Å²) in [5.41, 5.74) is 13.5. The van der Waals surface area contributed by atoms with E-state index in [9.17, 15) is 28.8 Å². The van der Waals surface area contributed by atoms with Gasteiger partial charge in [-0.1, -0.05) is 217 Å². The summed E-state index contributed by atoms with van der Waals surface area (Å²) in [6.45, 7) is 46.8. The smallest absolute Gasteiger partial charge is 0.407 e. The molecule has 0 aromatic heterocycles. The lowest BCUT2D eigenvalue weighted by Crippen LogP contribution is -2.41. The highest BCUT2D eigenvalue weighted by Gasteiger charge is 2.34. The van der Waals surface area contributed by atoms with E-state index in [1.54, 1.807) is 0 Å². The molecule has 6 aromatic carbocycles. The molecule has 696 valence electrons. The van der Waals surface area contributed by atoms with Gasteiger partial charge in [-0.2, -0.15) is 0 Å². The van der Waals surface area contributed by atoms with Crippen LogP contribution in [-0.4, -0.2) is 106 Å². The van der Waals surface area contributed by atoms with Crippen molar-refractivity contribution >= 4 is 36.6 Å². The van der Waals surface area contributed by atoms with Crippen molar-refractivity contribution in [3.63, 3.8) is 0 Å². The Bertz CT molecular complexity index is 4060. The minimum absolute atomic E-state index is 0.217. The van der Waals surface area contributed by atoms with Gasteiger partial charge in [-0.15, -0.1) is 0 Å². The second-order valence-corrected chi connectivity index (χ2v) is 42.7. The van der Waals surface area contributed by atoms with E-state index in [0.29, 0.717) is 35.5 Å². The van der Waals surface area contributed by atoms with Crippen LogP contribution < -0.4 is 31.9 Å². The summed E-state index contributed by atoms with van der Waals surface area (Å²) in [6.07, 6.45) is 24.6. The van der Waals surface area contributed by atoms with E-state index < -0.39 is 33.6 Å². The van der Waals surface area contributed by atoms with Crippen molar-refractivity contribution in [1.29, 1.82) is 0 Å². The fraction of sp³-hybridized carbons (Fsp3) is 0.611. The number of carbonyl (C=O) groups is 6. The summed E-state index contributed by atoms with van der Waals surface area (Å²) in [5, 5.41) is 18.2. The molecule has 6 fully saturated rings. The average Bonchev–Trinajstić information content (AvgIpc) is 0.824. The molecule has 0 spiro atoms. The van der Waals surface area contributed by atoms with Gasteiger partial charge in [0.1, 0.15) is 33.6 Å². The SMILES string of the molecule is CC(C)(C)OC(=O)N[C@@H]1CCC[C@H](c2ccccc2)C1.Cc1cc(C)cc([C@H]2CCC[C@@H](NC(=O)OC(C)(C)C)C2)c1.Cc1ccc([C@H]2CCC[C@@H](NC(=O)OC(C)(C)C)C2)cc1.Cc1ccc([C@H]2CCC[C@@H](NC(=O)OC(C)(C)C)C2)cc1.Cc1ccc([C@H]2CCC[C@@H](NC(=O)OC(C)(C)C)C2)cc1.Cc1cccc([C@H]2CCC[C@@H](NC(=O)OC(C)(C)C)C2)c1. The fourth-order valence-electron chi connectivity index (χ4n) is 18.0. The molecule has 18 nitrogen and oxygen atoms in total. The van der Waals surface area contributed by atoms with Gasteiger partial charge in [0.2, 0.25) is 0 Å². The van der Waals surface area contributed by atoms with Crippen LogP contribution in [0.5, 0.6) is 0 Å². The Balaban J connectivity index is 0.000000207. The maximum absolute atomic E-state index is 11.9. The molecule has 126 heavy (non-hydrogen) atoms. The number of hydrogen-bond donors (Lipinski definition) is 6. The monoisotopic (exact) mass is 1740 g/mol. The summed E-state index contributed by atoms with van der Waals surface area (Å²) >= 11 is 0. The summed E-state index contributed by atoms with van der Waals surface area (Å²) < 4.78 is 32.1. The predicted octanol–water partition coefficient (Wildman–Crippen LogP) is 27.3. The second kappa shape index (κ2) is 48.9. The molecule has 0 saturated heterocycles. The molecule has 6 N–H and O–H groups in total. The van der Waals surface area contributed by atoms with Crippen LogP contribution in [0.1, 0.15) is 381 Å². The Morgan fingerprint density at radius 3 is 0.635 bits per heavy atom. The predicted molar refractivity (Wildman–Crippen MR) is 513 cm³/mol. The number of benzene rings is 6. The first-order valence-electron chi connectivity index (χ1n) is 47.4. The molecular weight excluding hydrogens is 1570 g/mol. The van der Waals surface area contributed by atoms with Crippen LogP contribution in [-0.2, 0) is 28.4 Å². The van der Waals surface area contributed by atoms with Gasteiger partial charge in [-0.05, 0) is 351 Å². The van der Waals surface area contributed by atoms with Crippen molar-refractivity contribution < 1.29 is 57.2 Å². The molecule has 6 aliphatic carbocycles. The summed E-state index contributed by atoms with van der Waals surface area (Å²) in [4.78, 5) is 71.3. The van der Waals surface area contributed by atoms with Crippen LogP contribution in [0.25, 0.3) is 0 Å². The third-order valence-electron chi connectivity index (χ3n) is 23.5. The molecule has 6 saturated carbocycles. The first-order valence-corrected chi connectivity index (χ1v) is 47.4. The standard InChI is InChI=1S/C19H29NO2.4C18H27NO2.C17H25NO2/c1-13-9-14(2)11-16(10-13)15-7-6-8-17(12-15)20-18(21)22-19(3,4)5;1-13-7-5-8-14(11-13)15-9-6-10-16(12-15)19-17(20)21-18(2,3)4;3*1-13-8-10-14(11-9-13)15-6-5-7-16(12-15)19-17(20)21-18(2,3)4;1-17(2,3)20-16(19)18-15-11-7-10-14(12-15)13-8-5-4-6-9-13/h9-11,15,17H,6-8,12H2,1-5H3,(H,20,21);5,7-8,11,15-16H,6,9-10,12H2,1-4H3,(H,19,20);3*8-11,15-16H,5-7,12H2,1-4H3,(H,19,20);4-6,8-9,14-15H,7,10-12H2,1-3H3,(H,18,19)/t15-,17+;4*15-,16+;14-,15+/m000000/s1. The largest absolute Gasteiger partial charge is 0.444 e. The Labute approximate surface area is 759 Å². The van der Waals surface area contributed by atoms with Gasteiger partial charge in [-0.25, -0.2) is 28.8 Å². The van der Waals surface area contributed by atoms with Crippen LogP contribution in [0.3, 0.4) is 0 Å². The molecule has 6 amide bonds. The Morgan fingerprint density at radius 1 is 0.214 bits per heavy atom. The molecule has 0 unspecified atom stereocenters. The van der Waals surface area contributed by atoms with E-state index in [1.165, 1.54) is 105 Å². The van der Waals surface area contributed by atoms with Crippen LogP contribution in [0, 0.1) is 41.5 Å². The number of carbonyl (C=O) groups excluding carboxylic acids is 6. The first kappa shape index (κ1) is 104. The van der Waals surface area contributed by atoms with Crippen molar-refractivity contribution in [2.45, 2.75) is 426 Å². The first-order chi connectivity index (χ1) is 59.0. The number of amides is 6. The zero-order valence-electron chi connectivity index (χ0n) is 81.7. The molecule has 18 heteroatoms. The molecule has 6 aliphatic rings. The van der Waals surface area contributed by atoms with Crippen LogP contribution in [0.2, 0.25) is 0 Å². The van der Waals surface area contributed by atoms with Crippen molar-refractivity contribution in [2.24, 2.45) is 0 Å². The molecule has 0 bridgehead atoms. The van der Waals surface area contributed by atoms with E-state index in [0.717, 1.165) is 116 Å². The van der Waals surface area contributed by atoms with Crippen LogP contribution in [0.4, 0.5) is 28.8 Å². The lowest BCUT2D eigenvalue weighted by Gasteiger charge is -2.31. The number of aryl methyl sites for hydroxylation is 6. The van der Waals surface area contributed by atoms with Gasteiger partial charge >= 0.3 is 36.6 Å². The minimum Gasteiger partial charge on any atom is -0.444 e. The Morgan fingerprint density at radius 2 is 0.413 bits per heavy atom. The van der Waals surface area contributed by atoms with E-state index >= 15 is 0 Å². The zero-order chi connectivity index (χ0) is 92.7. The summed E-state index contributed by atoms with van der Waals surface area (Å²) in [7, 11) is 0. The number of rotatable bonds is 12. The summed E-state index contributed by atoms with van der Waals surface area (Å²) in [6, 6.07) is 53.7. The molecule has 12 atom stereocenters. The molecule has 0 aliphatic heterocycles. The number of ether oxygens (including phenoxy) is 6. The molecule has 6 aromatic rings. The maximum atomic E-state index is 11.9. The molecule has 0 heterocycles. The van der Waals surface area contributed by atoms with Gasteiger partial charge in [0.05, 0.1) is 0 Å². The van der Waals surface area contributed by atoms with E-state index in [2.05, 4.69) is 213 Å². The highest BCUT2D eigenvalue weighted by Crippen LogP contribution is 2.40.